The van der Waals surface area contributed by atoms with E-state index >= 15 is 0 Å². The number of anilines is 1. The molecule has 0 aliphatic carbocycles. The van der Waals surface area contributed by atoms with Gasteiger partial charge in [0.05, 0.1) is 0 Å². The van der Waals surface area contributed by atoms with Crippen molar-refractivity contribution >= 4 is 5.82 Å². The van der Waals surface area contributed by atoms with Crippen LogP contribution in [0.2, 0.25) is 0 Å². The van der Waals surface area contributed by atoms with Crippen LogP contribution in [0.4, 0.5) is 5.82 Å². The summed E-state index contributed by atoms with van der Waals surface area (Å²) in [7, 11) is 0. The van der Waals surface area contributed by atoms with Crippen LogP contribution in [-0.4, -0.2) is 16.5 Å². The maximum atomic E-state index is 4.49. The highest BCUT2D eigenvalue weighted by Crippen LogP contribution is 2.20. The first-order valence-electron chi connectivity index (χ1n) is 4.87. The van der Waals surface area contributed by atoms with Crippen LogP contribution in [0.15, 0.2) is 6.20 Å². The van der Waals surface area contributed by atoms with Crippen LogP contribution in [0.25, 0.3) is 0 Å². The van der Waals surface area contributed by atoms with Gasteiger partial charge in [-0.1, -0.05) is 13.8 Å². The molecule has 0 spiro atoms. The van der Waals surface area contributed by atoms with Gasteiger partial charge in [0.25, 0.3) is 0 Å². The molecule has 0 aromatic carbocycles. The Morgan fingerprint density at radius 3 is 3.08 bits per heavy atom. The second kappa shape index (κ2) is 3.32. The Balaban J connectivity index is 2.35. The molecule has 2 heterocycles. The molecular formula is C10H15N3. The molecule has 0 saturated carbocycles. The standard InChI is InChI=1S/C10H15N3/c1-7(2)9-12-6-8-4-3-5-11-10(8)13-9/h6-7H,3-5H2,1-2H3,(H,11,12,13). The first-order valence-corrected chi connectivity index (χ1v) is 4.87. The predicted octanol–water partition coefficient (Wildman–Crippen LogP) is 1.96. The second-order valence-corrected chi connectivity index (χ2v) is 3.79. The van der Waals surface area contributed by atoms with Crippen molar-refractivity contribution in [1.82, 2.24) is 9.97 Å². The van der Waals surface area contributed by atoms with E-state index in [-0.39, 0.29) is 0 Å². The number of nitrogens with one attached hydrogen (secondary N) is 1. The molecule has 13 heavy (non-hydrogen) atoms. The average Bonchev–Trinajstić information content (AvgIpc) is 2.17. The quantitative estimate of drug-likeness (QED) is 0.712. The highest BCUT2D eigenvalue weighted by molar-refractivity contribution is 5.45. The summed E-state index contributed by atoms with van der Waals surface area (Å²) >= 11 is 0. The summed E-state index contributed by atoms with van der Waals surface area (Å²) in [5, 5.41) is 3.31. The Kier molecular flexibility index (Phi) is 2.17. The first-order chi connectivity index (χ1) is 6.27. The molecule has 1 aliphatic rings. The Morgan fingerprint density at radius 1 is 1.46 bits per heavy atom. The maximum absolute atomic E-state index is 4.49. The van der Waals surface area contributed by atoms with Crippen molar-refractivity contribution < 1.29 is 0 Å². The number of fused-ring (bicyclic) bond motifs is 1. The summed E-state index contributed by atoms with van der Waals surface area (Å²) in [5.74, 6) is 2.40. The number of hydrogen-bond acceptors (Lipinski definition) is 3. The van der Waals surface area contributed by atoms with Gasteiger partial charge in [-0.15, -0.1) is 0 Å². The minimum Gasteiger partial charge on any atom is -0.370 e. The van der Waals surface area contributed by atoms with Crippen LogP contribution >= 0.6 is 0 Å². The van der Waals surface area contributed by atoms with Crippen LogP contribution in [0, 0.1) is 0 Å². The highest BCUT2D eigenvalue weighted by atomic mass is 15.0. The van der Waals surface area contributed by atoms with E-state index in [0.29, 0.717) is 5.92 Å². The summed E-state index contributed by atoms with van der Waals surface area (Å²) in [6.45, 7) is 5.27. The average molecular weight is 177 g/mol. The lowest BCUT2D eigenvalue weighted by Gasteiger charge is -2.17. The third-order valence-corrected chi connectivity index (χ3v) is 2.31. The van der Waals surface area contributed by atoms with E-state index in [1.165, 1.54) is 12.0 Å². The summed E-state index contributed by atoms with van der Waals surface area (Å²) in [6.07, 6.45) is 4.27. The third kappa shape index (κ3) is 1.64. The monoisotopic (exact) mass is 177 g/mol. The minimum absolute atomic E-state index is 0.411. The van der Waals surface area contributed by atoms with Crippen LogP contribution in [-0.2, 0) is 6.42 Å². The Labute approximate surface area is 78.6 Å². The Hall–Kier alpha value is -1.12. The van der Waals surface area contributed by atoms with Gasteiger partial charge in [0, 0.05) is 24.2 Å². The van der Waals surface area contributed by atoms with E-state index < -0.39 is 0 Å². The second-order valence-electron chi connectivity index (χ2n) is 3.79. The van der Waals surface area contributed by atoms with E-state index in [1.807, 2.05) is 6.20 Å². The SMILES string of the molecule is CC(C)c1ncc2c(n1)NCCC2. The summed E-state index contributed by atoms with van der Waals surface area (Å²) in [4.78, 5) is 8.83. The third-order valence-electron chi connectivity index (χ3n) is 2.31. The zero-order valence-corrected chi connectivity index (χ0v) is 8.17. The number of aryl methyl sites for hydroxylation is 1. The van der Waals surface area contributed by atoms with Crippen molar-refractivity contribution in [2.24, 2.45) is 0 Å². The van der Waals surface area contributed by atoms with Crippen LogP contribution < -0.4 is 5.32 Å². The number of nitrogens with zero attached hydrogens (tertiary/aromatic N) is 2. The number of aromatic nitrogens is 2. The smallest absolute Gasteiger partial charge is 0.133 e. The van der Waals surface area contributed by atoms with Crippen LogP contribution in [0.3, 0.4) is 0 Å². The summed E-state index contributed by atoms with van der Waals surface area (Å²) in [6, 6.07) is 0. The fourth-order valence-corrected chi connectivity index (χ4v) is 1.52. The van der Waals surface area contributed by atoms with E-state index in [9.17, 15) is 0 Å². The Morgan fingerprint density at radius 2 is 2.31 bits per heavy atom. The van der Waals surface area contributed by atoms with Crippen molar-refractivity contribution in [3.05, 3.63) is 17.6 Å². The number of hydrogen-bond donors (Lipinski definition) is 1. The molecule has 3 nitrogen and oxygen atoms in total. The van der Waals surface area contributed by atoms with Crippen molar-refractivity contribution in [3.63, 3.8) is 0 Å². The molecule has 70 valence electrons. The number of rotatable bonds is 1. The summed E-state index contributed by atoms with van der Waals surface area (Å²) in [5.41, 5.74) is 1.26. The molecule has 0 amide bonds. The minimum atomic E-state index is 0.411. The predicted molar refractivity (Wildman–Crippen MR) is 52.9 cm³/mol. The molecule has 1 aromatic heterocycles. The Bertz CT molecular complexity index is 307. The van der Waals surface area contributed by atoms with Crippen molar-refractivity contribution in [3.8, 4) is 0 Å². The van der Waals surface area contributed by atoms with Gasteiger partial charge in [0.2, 0.25) is 0 Å². The van der Waals surface area contributed by atoms with Gasteiger partial charge in [-0.2, -0.15) is 0 Å². The molecule has 0 atom stereocenters. The van der Waals surface area contributed by atoms with Gasteiger partial charge in [0.15, 0.2) is 0 Å². The van der Waals surface area contributed by atoms with Gasteiger partial charge in [-0.25, -0.2) is 9.97 Å². The maximum Gasteiger partial charge on any atom is 0.133 e. The van der Waals surface area contributed by atoms with Crippen LogP contribution in [0.5, 0.6) is 0 Å². The van der Waals surface area contributed by atoms with Gasteiger partial charge < -0.3 is 5.32 Å². The van der Waals surface area contributed by atoms with Crippen LogP contribution in [0.1, 0.15) is 37.6 Å². The fourth-order valence-electron chi connectivity index (χ4n) is 1.52. The van der Waals surface area contributed by atoms with Crippen molar-refractivity contribution in [2.45, 2.75) is 32.6 Å². The van der Waals surface area contributed by atoms with E-state index in [1.54, 1.807) is 0 Å². The zero-order chi connectivity index (χ0) is 9.26. The largest absolute Gasteiger partial charge is 0.370 e. The van der Waals surface area contributed by atoms with E-state index in [2.05, 4.69) is 29.1 Å². The normalized spacial score (nSPS) is 15.3. The molecule has 0 radical (unpaired) electrons. The highest BCUT2D eigenvalue weighted by Gasteiger charge is 2.12. The fraction of sp³-hybridized carbons (Fsp3) is 0.600. The van der Waals surface area contributed by atoms with E-state index in [0.717, 1.165) is 24.6 Å². The molecule has 0 saturated heterocycles. The topological polar surface area (TPSA) is 37.8 Å². The lowest BCUT2D eigenvalue weighted by atomic mass is 10.1. The molecule has 2 rings (SSSR count). The molecule has 0 unspecified atom stereocenters. The zero-order valence-electron chi connectivity index (χ0n) is 8.17. The molecule has 1 aromatic rings. The van der Waals surface area contributed by atoms with E-state index in [4.69, 9.17) is 0 Å². The molecule has 0 bridgehead atoms. The first kappa shape index (κ1) is 8.48. The molecule has 1 aliphatic heterocycles. The van der Waals surface area contributed by atoms with Gasteiger partial charge in [-0.05, 0) is 12.8 Å². The molecule has 3 heteroatoms. The van der Waals surface area contributed by atoms with Crippen molar-refractivity contribution in [2.75, 3.05) is 11.9 Å². The van der Waals surface area contributed by atoms with Gasteiger partial charge >= 0.3 is 0 Å². The lowest BCUT2D eigenvalue weighted by Crippen LogP contribution is -2.15. The summed E-state index contributed by atoms with van der Waals surface area (Å²) < 4.78 is 0. The van der Waals surface area contributed by atoms with Gasteiger partial charge in [0.1, 0.15) is 11.6 Å². The van der Waals surface area contributed by atoms with Gasteiger partial charge in [-0.3, -0.25) is 0 Å². The molecule has 1 N–H and O–H groups in total. The molecular weight excluding hydrogens is 162 g/mol. The lowest BCUT2D eigenvalue weighted by molar-refractivity contribution is 0.744. The molecule has 0 fully saturated rings. The van der Waals surface area contributed by atoms with Crippen molar-refractivity contribution in [1.29, 1.82) is 0 Å².